The second-order valence-corrected chi connectivity index (χ2v) is 13.4. The van der Waals surface area contributed by atoms with Crippen molar-refractivity contribution in [2.45, 2.75) is 51.5 Å². The molecular formula is C41H40FN2O+. The number of nitrogens with zero attached hydrogens (tertiary/aromatic N) is 2. The van der Waals surface area contributed by atoms with Crippen LogP contribution in [-0.4, -0.2) is 28.6 Å². The Bertz CT molecular complexity index is 1950. The fraction of sp³-hybridized carbons (Fsp3) is 0.293. The molecule has 0 amide bonds. The molecule has 5 aromatic carbocycles. The van der Waals surface area contributed by atoms with E-state index < -0.39 is 0 Å². The van der Waals surface area contributed by atoms with E-state index in [1.54, 1.807) is 12.1 Å². The monoisotopic (exact) mass is 595 g/mol. The topological polar surface area (TPSA) is 22.1 Å². The summed E-state index contributed by atoms with van der Waals surface area (Å²) in [6.07, 6.45) is 5.38. The van der Waals surface area contributed by atoms with Gasteiger partial charge in [0.05, 0.1) is 25.2 Å². The molecule has 0 aliphatic carbocycles. The predicted octanol–water partition coefficient (Wildman–Crippen LogP) is 9.77. The third-order valence-corrected chi connectivity index (χ3v) is 11.0. The Morgan fingerprint density at radius 2 is 1.58 bits per heavy atom. The van der Waals surface area contributed by atoms with Gasteiger partial charge in [0.15, 0.2) is 0 Å². The lowest BCUT2D eigenvalue weighted by atomic mass is 9.70. The predicted molar refractivity (Wildman–Crippen MR) is 181 cm³/mol. The van der Waals surface area contributed by atoms with Crippen LogP contribution in [0.3, 0.4) is 0 Å². The number of hydrogen-bond donors (Lipinski definition) is 0. The van der Waals surface area contributed by atoms with E-state index in [1.807, 2.05) is 12.3 Å². The minimum Gasteiger partial charge on any atom is -0.363 e. The molecule has 4 heteroatoms. The number of aromatic nitrogens is 1. The summed E-state index contributed by atoms with van der Waals surface area (Å²) in [6, 6.07) is 37.9. The Morgan fingerprint density at radius 3 is 2.33 bits per heavy atom. The minimum absolute atomic E-state index is 0.150. The Kier molecular flexibility index (Phi) is 7.35. The molecule has 226 valence electrons. The van der Waals surface area contributed by atoms with Gasteiger partial charge in [0.25, 0.3) is 0 Å². The summed E-state index contributed by atoms with van der Waals surface area (Å²) in [4.78, 5) is 4.72. The van der Waals surface area contributed by atoms with Gasteiger partial charge in [-0.3, -0.25) is 4.98 Å². The molecular weight excluding hydrogens is 555 g/mol. The molecule has 3 saturated heterocycles. The first kappa shape index (κ1) is 28.4. The van der Waals surface area contributed by atoms with E-state index in [4.69, 9.17) is 9.72 Å². The van der Waals surface area contributed by atoms with Crippen molar-refractivity contribution in [3.63, 3.8) is 0 Å². The molecule has 3 aliphatic heterocycles. The van der Waals surface area contributed by atoms with Crippen LogP contribution >= 0.6 is 0 Å². The fourth-order valence-corrected chi connectivity index (χ4v) is 8.83. The summed E-state index contributed by atoms with van der Waals surface area (Å²) < 4.78 is 22.4. The number of benzene rings is 5. The number of fused-ring (bicyclic) bond motifs is 6. The Balaban J connectivity index is 1.29. The highest BCUT2D eigenvalue weighted by molar-refractivity contribution is 6.02. The van der Waals surface area contributed by atoms with Crippen LogP contribution in [0, 0.1) is 17.7 Å². The van der Waals surface area contributed by atoms with Gasteiger partial charge in [0, 0.05) is 35.9 Å². The summed E-state index contributed by atoms with van der Waals surface area (Å²) in [5.41, 5.74) is 4.51. The van der Waals surface area contributed by atoms with E-state index in [0.29, 0.717) is 18.4 Å². The molecule has 0 N–H and O–H groups in total. The molecule has 2 bridgehead atoms. The van der Waals surface area contributed by atoms with E-state index >= 15 is 0 Å². The third kappa shape index (κ3) is 5.10. The van der Waals surface area contributed by atoms with Crippen LogP contribution in [0.15, 0.2) is 115 Å². The van der Waals surface area contributed by atoms with Gasteiger partial charge < -0.3 is 9.22 Å². The van der Waals surface area contributed by atoms with Crippen LogP contribution < -0.4 is 0 Å². The zero-order chi connectivity index (χ0) is 30.4. The molecule has 0 spiro atoms. The van der Waals surface area contributed by atoms with Crippen molar-refractivity contribution in [2.24, 2.45) is 11.8 Å². The molecule has 9 rings (SSSR count). The fourth-order valence-electron chi connectivity index (χ4n) is 8.83. The van der Waals surface area contributed by atoms with Gasteiger partial charge in [-0.05, 0) is 75.3 Å². The van der Waals surface area contributed by atoms with Gasteiger partial charge in [-0.1, -0.05) is 85.8 Å². The van der Waals surface area contributed by atoms with Gasteiger partial charge >= 0.3 is 0 Å². The zero-order valence-corrected chi connectivity index (χ0v) is 25.9. The first-order valence-electron chi connectivity index (χ1n) is 16.6. The molecule has 3 aliphatic rings. The number of hydrogen-bond acceptors (Lipinski definition) is 2. The third-order valence-electron chi connectivity index (χ3n) is 11.0. The molecule has 5 atom stereocenters. The van der Waals surface area contributed by atoms with Gasteiger partial charge in [0.1, 0.15) is 24.5 Å². The SMILES string of the molecule is CC[C@H]1C[N+]2(Cc3c4ccccc4cc4ccccc34)CC[C@H]1C[C@H]2[C@H](OCc1cccc(F)c1)c1ccnc2ccccc12. The Morgan fingerprint density at radius 1 is 0.844 bits per heavy atom. The largest absolute Gasteiger partial charge is 0.363 e. The average Bonchev–Trinajstić information content (AvgIpc) is 3.08. The molecule has 0 saturated carbocycles. The number of ether oxygens (including phenoxy) is 1. The van der Waals surface area contributed by atoms with Gasteiger partial charge in [-0.15, -0.1) is 0 Å². The van der Waals surface area contributed by atoms with Crippen molar-refractivity contribution >= 4 is 32.4 Å². The molecule has 0 radical (unpaired) electrons. The standard InChI is InChI=1S/C41H40FN2O/c1-2-29-25-44(26-38-34-14-5-3-11-31(34)23-32-12-4-6-15-35(32)38)21-19-30(29)24-40(44)41(45-27-28-10-9-13-33(42)22-28)37-18-20-43-39-17-8-7-16-36(37)39/h3-18,20,22-23,29-30,40-41H,2,19,21,24-27H2,1H3/q+1/t29-,30-,40-,41+,44?/m0/s1. The van der Waals surface area contributed by atoms with E-state index in [2.05, 4.69) is 91.9 Å². The number of halogens is 1. The maximum absolute atomic E-state index is 14.3. The van der Waals surface area contributed by atoms with Crippen molar-refractivity contribution in [2.75, 3.05) is 13.1 Å². The maximum atomic E-state index is 14.3. The zero-order valence-electron chi connectivity index (χ0n) is 25.9. The second kappa shape index (κ2) is 11.7. The summed E-state index contributed by atoms with van der Waals surface area (Å²) in [5.74, 6) is 1.17. The lowest BCUT2D eigenvalue weighted by molar-refractivity contribution is -0.985. The van der Waals surface area contributed by atoms with E-state index in [-0.39, 0.29) is 18.0 Å². The van der Waals surface area contributed by atoms with Crippen molar-refractivity contribution in [1.29, 1.82) is 0 Å². The average molecular weight is 596 g/mol. The van der Waals surface area contributed by atoms with Crippen LogP contribution in [-0.2, 0) is 17.9 Å². The van der Waals surface area contributed by atoms with E-state index in [9.17, 15) is 4.39 Å². The molecule has 3 fully saturated rings. The normalized spacial score (nSPS) is 23.6. The summed E-state index contributed by atoms with van der Waals surface area (Å²) in [7, 11) is 0. The quantitative estimate of drug-likeness (QED) is 0.129. The first-order valence-corrected chi connectivity index (χ1v) is 16.6. The second-order valence-electron chi connectivity index (χ2n) is 13.4. The van der Waals surface area contributed by atoms with Crippen molar-refractivity contribution in [1.82, 2.24) is 4.98 Å². The van der Waals surface area contributed by atoms with Crippen LogP contribution in [0.5, 0.6) is 0 Å². The van der Waals surface area contributed by atoms with Crippen LogP contribution in [0.1, 0.15) is 49.0 Å². The number of para-hydroxylation sites is 1. The number of piperidine rings is 3. The van der Waals surface area contributed by atoms with Crippen molar-refractivity contribution < 1.29 is 13.6 Å². The highest BCUT2D eigenvalue weighted by Crippen LogP contribution is 2.50. The summed E-state index contributed by atoms with van der Waals surface area (Å²) >= 11 is 0. The molecule has 1 aromatic heterocycles. The van der Waals surface area contributed by atoms with E-state index in [0.717, 1.165) is 47.0 Å². The first-order chi connectivity index (χ1) is 22.1. The number of rotatable bonds is 8. The Hall–Kier alpha value is -4.12. The molecule has 4 heterocycles. The lowest BCUT2D eigenvalue weighted by Crippen LogP contribution is -2.67. The molecule has 1 unspecified atom stereocenters. The lowest BCUT2D eigenvalue weighted by Gasteiger charge is -2.59. The van der Waals surface area contributed by atoms with Crippen LogP contribution in [0.4, 0.5) is 4.39 Å². The van der Waals surface area contributed by atoms with E-state index in [1.165, 1.54) is 51.6 Å². The van der Waals surface area contributed by atoms with Crippen molar-refractivity contribution in [3.05, 3.63) is 138 Å². The maximum Gasteiger partial charge on any atom is 0.135 e. The van der Waals surface area contributed by atoms with Gasteiger partial charge in [-0.2, -0.15) is 0 Å². The molecule has 45 heavy (non-hydrogen) atoms. The number of pyridine rings is 1. The van der Waals surface area contributed by atoms with Crippen molar-refractivity contribution in [3.8, 4) is 0 Å². The van der Waals surface area contributed by atoms with Crippen LogP contribution in [0.25, 0.3) is 32.4 Å². The minimum atomic E-state index is -0.223. The van der Waals surface area contributed by atoms with Gasteiger partial charge in [-0.25, -0.2) is 4.39 Å². The summed E-state index contributed by atoms with van der Waals surface area (Å²) in [6.45, 7) is 6.02. The smallest absolute Gasteiger partial charge is 0.135 e. The molecule has 3 nitrogen and oxygen atoms in total. The Labute approximate surface area is 264 Å². The number of quaternary nitrogens is 1. The van der Waals surface area contributed by atoms with Crippen LogP contribution in [0.2, 0.25) is 0 Å². The van der Waals surface area contributed by atoms with Gasteiger partial charge in [0.2, 0.25) is 0 Å². The molecule has 6 aromatic rings. The summed E-state index contributed by atoms with van der Waals surface area (Å²) in [5, 5.41) is 6.47. The highest BCUT2D eigenvalue weighted by Gasteiger charge is 2.55. The highest BCUT2D eigenvalue weighted by atomic mass is 19.1.